The van der Waals surface area contributed by atoms with Crippen LogP contribution in [0.5, 0.6) is 0 Å². The van der Waals surface area contributed by atoms with Crippen molar-refractivity contribution in [2.24, 2.45) is 0 Å². The van der Waals surface area contributed by atoms with Crippen molar-refractivity contribution in [3.63, 3.8) is 0 Å². The predicted molar refractivity (Wildman–Crippen MR) is 128 cm³/mol. The zero-order valence-corrected chi connectivity index (χ0v) is 19.9. The van der Waals surface area contributed by atoms with Crippen LogP contribution in [0.3, 0.4) is 0 Å². The number of aromatic amines is 1. The van der Waals surface area contributed by atoms with Crippen molar-refractivity contribution in [1.29, 1.82) is 0 Å². The molecular weight excluding hydrogens is 422 g/mol. The highest BCUT2D eigenvalue weighted by atomic mass is 32.1. The molecule has 32 heavy (non-hydrogen) atoms. The molecule has 2 N–H and O–H groups in total. The molecule has 4 heterocycles. The molecule has 0 bridgehead atoms. The van der Waals surface area contributed by atoms with Gasteiger partial charge >= 0.3 is 0 Å². The maximum absolute atomic E-state index is 13.6. The van der Waals surface area contributed by atoms with Crippen molar-refractivity contribution >= 4 is 23.1 Å². The van der Waals surface area contributed by atoms with Crippen LogP contribution in [0.15, 0.2) is 42.0 Å². The lowest BCUT2D eigenvalue weighted by Crippen LogP contribution is -2.51. The predicted octanol–water partition coefficient (Wildman–Crippen LogP) is 4.28. The quantitative estimate of drug-likeness (QED) is 0.582. The Morgan fingerprint density at radius 1 is 1.38 bits per heavy atom. The Hall–Kier alpha value is -2.71. The van der Waals surface area contributed by atoms with E-state index in [0.717, 1.165) is 35.5 Å². The molecule has 1 aliphatic rings. The number of hydrogen-bond donors (Lipinski definition) is 2. The van der Waals surface area contributed by atoms with Crippen molar-refractivity contribution in [2.75, 3.05) is 19.0 Å². The number of nitrogens with zero attached hydrogens (tertiary/aromatic N) is 4. The highest BCUT2D eigenvalue weighted by molar-refractivity contribution is 7.13. The van der Waals surface area contributed by atoms with E-state index in [9.17, 15) is 9.90 Å². The van der Waals surface area contributed by atoms with Gasteiger partial charge < -0.3 is 14.9 Å². The molecule has 170 valence electrons. The van der Waals surface area contributed by atoms with Crippen LogP contribution in [0.2, 0.25) is 0 Å². The number of pyridine rings is 1. The summed E-state index contributed by atoms with van der Waals surface area (Å²) in [6.07, 6.45) is 6.93. The van der Waals surface area contributed by atoms with E-state index in [1.165, 1.54) is 0 Å². The van der Waals surface area contributed by atoms with E-state index in [0.29, 0.717) is 17.7 Å². The topological polar surface area (TPSA) is 85.3 Å². The summed E-state index contributed by atoms with van der Waals surface area (Å²) in [5.74, 6) is 0.830. The fourth-order valence-electron chi connectivity index (χ4n) is 4.52. The SMILES string of the molecule is CC1CCCC(CC(C)(O)c2cccc(N(C)C)n2)N1C(=O)c1csc(-c2cn[nH]c2)c1. The van der Waals surface area contributed by atoms with Gasteiger partial charge in [-0.15, -0.1) is 11.3 Å². The zero-order valence-electron chi connectivity index (χ0n) is 19.1. The van der Waals surface area contributed by atoms with E-state index in [1.807, 2.05) is 59.7 Å². The zero-order chi connectivity index (χ0) is 22.9. The lowest BCUT2D eigenvalue weighted by atomic mass is 9.85. The van der Waals surface area contributed by atoms with Crippen molar-refractivity contribution in [1.82, 2.24) is 20.1 Å². The van der Waals surface area contributed by atoms with E-state index < -0.39 is 5.60 Å². The van der Waals surface area contributed by atoms with Crippen LogP contribution in [0.25, 0.3) is 10.4 Å². The Morgan fingerprint density at radius 2 is 2.19 bits per heavy atom. The van der Waals surface area contributed by atoms with Crippen LogP contribution < -0.4 is 4.90 Å². The normalized spacial score (nSPS) is 20.7. The number of aromatic nitrogens is 3. The minimum Gasteiger partial charge on any atom is -0.384 e. The highest BCUT2D eigenvalue weighted by Crippen LogP contribution is 2.35. The maximum Gasteiger partial charge on any atom is 0.255 e. The maximum atomic E-state index is 13.6. The molecule has 0 radical (unpaired) electrons. The third kappa shape index (κ3) is 4.56. The molecule has 3 aromatic rings. The van der Waals surface area contributed by atoms with Gasteiger partial charge in [0.2, 0.25) is 0 Å². The number of aliphatic hydroxyl groups is 1. The van der Waals surface area contributed by atoms with Crippen LogP contribution in [0.1, 0.15) is 55.6 Å². The third-order valence-corrected chi connectivity index (χ3v) is 7.25. The van der Waals surface area contributed by atoms with Crippen LogP contribution in [-0.2, 0) is 5.60 Å². The summed E-state index contributed by atoms with van der Waals surface area (Å²) in [7, 11) is 3.87. The van der Waals surface area contributed by atoms with E-state index in [-0.39, 0.29) is 18.0 Å². The lowest BCUT2D eigenvalue weighted by molar-refractivity contribution is -0.00666. The molecule has 1 aliphatic heterocycles. The summed E-state index contributed by atoms with van der Waals surface area (Å²) < 4.78 is 0. The number of nitrogens with one attached hydrogen (secondary N) is 1. The van der Waals surface area contributed by atoms with E-state index >= 15 is 0 Å². The first-order valence-corrected chi connectivity index (χ1v) is 11.9. The smallest absolute Gasteiger partial charge is 0.255 e. The molecule has 3 unspecified atom stereocenters. The summed E-state index contributed by atoms with van der Waals surface area (Å²) in [6, 6.07) is 7.71. The summed E-state index contributed by atoms with van der Waals surface area (Å²) in [6.45, 7) is 3.91. The Balaban J connectivity index is 1.57. The second kappa shape index (κ2) is 9.03. The molecule has 1 fully saturated rings. The van der Waals surface area contributed by atoms with Gasteiger partial charge in [0.15, 0.2) is 0 Å². The number of amides is 1. The Morgan fingerprint density at radius 3 is 2.91 bits per heavy atom. The molecule has 1 saturated heterocycles. The Kier molecular flexibility index (Phi) is 6.35. The molecule has 0 spiro atoms. The number of carbonyl (C=O) groups excluding carboxylic acids is 1. The fourth-order valence-corrected chi connectivity index (χ4v) is 5.39. The van der Waals surface area contributed by atoms with Gasteiger partial charge in [0.1, 0.15) is 11.4 Å². The molecule has 7 nitrogen and oxygen atoms in total. The molecule has 1 amide bonds. The third-order valence-electron chi connectivity index (χ3n) is 6.27. The second-order valence-corrected chi connectivity index (χ2v) is 10.00. The lowest BCUT2D eigenvalue weighted by Gasteiger charge is -2.43. The Bertz CT molecular complexity index is 1060. The van der Waals surface area contributed by atoms with Crippen LogP contribution in [0, 0.1) is 0 Å². The molecule has 0 aromatic carbocycles. The molecule has 0 saturated carbocycles. The first-order valence-electron chi connectivity index (χ1n) is 11.0. The number of piperidine rings is 1. The molecule has 3 aromatic heterocycles. The van der Waals surface area contributed by atoms with E-state index in [4.69, 9.17) is 0 Å². The van der Waals surface area contributed by atoms with E-state index in [1.54, 1.807) is 24.5 Å². The van der Waals surface area contributed by atoms with Gasteiger partial charge in [0.25, 0.3) is 5.91 Å². The van der Waals surface area contributed by atoms with Gasteiger partial charge in [-0.3, -0.25) is 9.89 Å². The van der Waals surface area contributed by atoms with Gasteiger partial charge in [-0.2, -0.15) is 5.10 Å². The van der Waals surface area contributed by atoms with Gasteiger partial charge in [0, 0.05) is 54.6 Å². The highest BCUT2D eigenvalue weighted by Gasteiger charge is 2.38. The van der Waals surface area contributed by atoms with Gasteiger partial charge in [0.05, 0.1) is 17.5 Å². The molecule has 8 heteroatoms. The first kappa shape index (κ1) is 22.5. The number of anilines is 1. The van der Waals surface area contributed by atoms with E-state index in [2.05, 4.69) is 22.1 Å². The van der Waals surface area contributed by atoms with Crippen LogP contribution in [-0.4, -0.2) is 57.3 Å². The molecular formula is C24H31N5O2S. The minimum absolute atomic E-state index is 0.0268. The average molecular weight is 454 g/mol. The number of thiophene rings is 1. The number of likely N-dealkylation sites (tertiary alicyclic amines) is 1. The van der Waals surface area contributed by atoms with Crippen LogP contribution in [0.4, 0.5) is 5.82 Å². The van der Waals surface area contributed by atoms with Crippen molar-refractivity contribution in [3.05, 3.63) is 53.3 Å². The monoisotopic (exact) mass is 453 g/mol. The Labute approximate surface area is 193 Å². The standard InChI is InChI=1S/C24H31N5O2S/c1-16-7-5-8-19(12-24(2,31)21-9-6-10-22(27-21)28(3)4)29(16)23(30)17-11-20(32-15-17)18-13-25-26-14-18/h6,9-11,13-16,19,31H,5,7-8,12H2,1-4H3,(H,25,26). The van der Waals surface area contributed by atoms with Crippen molar-refractivity contribution in [3.8, 4) is 10.4 Å². The number of carbonyl (C=O) groups is 1. The number of H-pyrrole nitrogens is 1. The van der Waals surface area contributed by atoms with Crippen molar-refractivity contribution in [2.45, 2.75) is 57.2 Å². The minimum atomic E-state index is -1.14. The number of rotatable bonds is 6. The van der Waals surface area contributed by atoms with Gasteiger partial charge in [-0.25, -0.2) is 4.98 Å². The molecule has 3 atom stereocenters. The summed E-state index contributed by atoms with van der Waals surface area (Å²) in [5, 5.41) is 20.1. The van der Waals surface area contributed by atoms with Crippen LogP contribution >= 0.6 is 11.3 Å². The second-order valence-electron chi connectivity index (χ2n) is 9.09. The van der Waals surface area contributed by atoms with Gasteiger partial charge in [-0.1, -0.05) is 6.07 Å². The average Bonchev–Trinajstić information content (AvgIpc) is 3.45. The van der Waals surface area contributed by atoms with Crippen molar-refractivity contribution < 1.29 is 9.90 Å². The summed E-state index contributed by atoms with van der Waals surface area (Å²) >= 11 is 1.54. The summed E-state index contributed by atoms with van der Waals surface area (Å²) in [5.41, 5.74) is 1.17. The molecule has 0 aliphatic carbocycles. The molecule has 4 rings (SSSR count). The first-order chi connectivity index (χ1) is 15.3. The summed E-state index contributed by atoms with van der Waals surface area (Å²) in [4.78, 5) is 23.1. The largest absolute Gasteiger partial charge is 0.384 e. The fraction of sp³-hybridized carbons (Fsp3) is 0.458. The van der Waals surface area contributed by atoms with Gasteiger partial charge in [-0.05, 0) is 51.3 Å². The number of hydrogen-bond acceptors (Lipinski definition) is 6.